The van der Waals surface area contributed by atoms with Crippen LogP contribution in [0.3, 0.4) is 0 Å². The van der Waals surface area contributed by atoms with Gasteiger partial charge in [-0.2, -0.15) is 0 Å². The molecule has 0 N–H and O–H groups in total. The van der Waals surface area contributed by atoms with Crippen molar-refractivity contribution in [2.24, 2.45) is 0 Å². The van der Waals surface area contributed by atoms with Gasteiger partial charge in [-0.3, -0.25) is 20.2 Å². The lowest BCUT2D eigenvalue weighted by Gasteiger charge is -2.34. The Morgan fingerprint density at radius 2 is 1.71 bits per heavy atom. The maximum atomic E-state index is 11.3. The molecule has 1 saturated heterocycles. The summed E-state index contributed by atoms with van der Waals surface area (Å²) < 4.78 is 5.14. The molecule has 1 aliphatic rings. The number of likely N-dealkylation sites (N-methyl/N-ethyl adjacent to an activating group) is 1. The monoisotopic (exact) mass is 296 g/mol. The number of nitro benzene ring substituents is 2. The number of methoxy groups -OCH3 is 1. The predicted octanol–water partition coefficient (Wildman–Crippen LogP) is 1.26. The normalized spacial score (nSPS) is 15.8. The topological polar surface area (TPSA) is 102 Å². The molecule has 21 heavy (non-hydrogen) atoms. The molecule has 0 aliphatic carbocycles. The summed E-state index contributed by atoms with van der Waals surface area (Å²) in [4.78, 5) is 24.8. The molecule has 0 aromatic heterocycles. The van der Waals surface area contributed by atoms with Crippen LogP contribution in [0.1, 0.15) is 0 Å². The Bertz CT molecular complexity index is 569. The fourth-order valence-corrected chi connectivity index (χ4v) is 2.33. The molecule has 114 valence electrons. The van der Waals surface area contributed by atoms with Crippen LogP contribution in [0.2, 0.25) is 0 Å². The van der Waals surface area contributed by atoms with Crippen LogP contribution in [0.15, 0.2) is 12.1 Å². The van der Waals surface area contributed by atoms with E-state index in [2.05, 4.69) is 4.90 Å². The molecule has 0 radical (unpaired) electrons. The molecule has 1 aromatic rings. The molecule has 9 heteroatoms. The Morgan fingerprint density at radius 1 is 1.10 bits per heavy atom. The molecule has 0 saturated carbocycles. The van der Waals surface area contributed by atoms with Gasteiger partial charge in [0.1, 0.15) is 0 Å². The highest BCUT2D eigenvalue weighted by Gasteiger charge is 2.30. The van der Waals surface area contributed by atoms with E-state index in [-0.39, 0.29) is 17.1 Å². The largest absolute Gasteiger partial charge is 0.494 e. The van der Waals surface area contributed by atoms with Crippen LogP contribution in [0.5, 0.6) is 5.75 Å². The summed E-state index contributed by atoms with van der Waals surface area (Å²) in [5.41, 5.74) is -0.344. The molecule has 1 fully saturated rings. The maximum Gasteiger partial charge on any atom is 0.303 e. The number of nitro groups is 2. The van der Waals surface area contributed by atoms with E-state index >= 15 is 0 Å². The zero-order valence-corrected chi connectivity index (χ0v) is 11.8. The van der Waals surface area contributed by atoms with Gasteiger partial charge in [-0.25, -0.2) is 0 Å². The Kier molecular flexibility index (Phi) is 4.22. The van der Waals surface area contributed by atoms with Gasteiger partial charge in [0.15, 0.2) is 11.4 Å². The molecule has 1 heterocycles. The third-order valence-corrected chi connectivity index (χ3v) is 3.49. The number of rotatable bonds is 4. The number of hydrogen-bond donors (Lipinski definition) is 0. The highest BCUT2D eigenvalue weighted by molar-refractivity contribution is 5.75. The van der Waals surface area contributed by atoms with Crippen molar-refractivity contribution in [3.8, 4) is 5.75 Å². The van der Waals surface area contributed by atoms with Gasteiger partial charge in [-0.1, -0.05) is 0 Å². The quantitative estimate of drug-likeness (QED) is 0.608. The van der Waals surface area contributed by atoms with Crippen LogP contribution in [-0.2, 0) is 0 Å². The lowest BCUT2D eigenvalue weighted by atomic mass is 10.1. The molecule has 0 unspecified atom stereocenters. The molecule has 1 aliphatic heterocycles. The highest BCUT2D eigenvalue weighted by Crippen LogP contribution is 2.41. The van der Waals surface area contributed by atoms with Crippen molar-refractivity contribution in [3.05, 3.63) is 32.4 Å². The van der Waals surface area contributed by atoms with Gasteiger partial charge in [0, 0.05) is 26.2 Å². The average Bonchev–Trinajstić information content (AvgIpc) is 2.46. The number of piperazine rings is 1. The van der Waals surface area contributed by atoms with Crippen molar-refractivity contribution in [1.82, 2.24) is 4.90 Å². The first kappa shape index (κ1) is 15.0. The minimum Gasteiger partial charge on any atom is -0.494 e. The fourth-order valence-electron chi connectivity index (χ4n) is 2.33. The number of non-ortho nitro benzene ring substituents is 1. The zero-order chi connectivity index (χ0) is 15.6. The molecule has 9 nitrogen and oxygen atoms in total. The van der Waals surface area contributed by atoms with Gasteiger partial charge >= 0.3 is 5.69 Å². The molecule has 2 rings (SSSR count). The van der Waals surface area contributed by atoms with E-state index in [9.17, 15) is 20.2 Å². The van der Waals surface area contributed by atoms with Crippen LogP contribution >= 0.6 is 0 Å². The lowest BCUT2D eigenvalue weighted by Crippen LogP contribution is -2.44. The van der Waals surface area contributed by atoms with Crippen molar-refractivity contribution in [1.29, 1.82) is 0 Å². The first-order chi connectivity index (χ1) is 9.93. The second-order valence-electron chi connectivity index (χ2n) is 4.82. The van der Waals surface area contributed by atoms with Gasteiger partial charge in [0.05, 0.1) is 29.1 Å². The number of anilines is 1. The second-order valence-corrected chi connectivity index (χ2v) is 4.82. The second kappa shape index (κ2) is 5.92. The lowest BCUT2D eigenvalue weighted by molar-refractivity contribution is -0.393. The summed E-state index contributed by atoms with van der Waals surface area (Å²) in [6, 6.07) is 2.21. The number of benzene rings is 1. The van der Waals surface area contributed by atoms with Crippen molar-refractivity contribution in [2.45, 2.75) is 0 Å². The third-order valence-electron chi connectivity index (χ3n) is 3.49. The summed E-state index contributed by atoms with van der Waals surface area (Å²) in [5, 5.41) is 22.1. The summed E-state index contributed by atoms with van der Waals surface area (Å²) in [6.07, 6.45) is 0. The van der Waals surface area contributed by atoms with Crippen LogP contribution in [0.4, 0.5) is 17.1 Å². The van der Waals surface area contributed by atoms with E-state index in [1.54, 1.807) is 0 Å². The fraction of sp³-hybridized carbons (Fsp3) is 0.500. The zero-order valence-electron chi connectivity index (χ0n) is 11.8. The average molecular weight is 296 g/mol. The van der Waals surface area contributed by atoms with E-state index in [4.69, 9.17) is 4.74 Å². The van der Waals surface area contributed by atoms with E-state index in [1.807, 2.05) is 11.9 Å². The van der Waals surface area contributed by atoms with Crippen molar-refractivity contribution in [3.63, 3.8) is 0 Å². The number of ether oxygens (including phenoxy) is 1. The van der Waals surface area contributed by atoms with Crippen molar-refractivity contribution in [2.75, 3.05) is 45.2 Å². The Labute approximate surface area is 121 Å². The number of nitrogens with zero attached hydrogens (tertiary/aromatic N) is 4. The van der Waals surface area contributed by atoms with Crippen molar-refractivity contribution >= 4 is 17.1 Å². The van der Waals surface area contributed by atoms with E-state index < -0.39 is 9.85 Å². The van der Waals surface area contributed by atoms with Gasteiger partial charge in [-0.05, 0) is 7.05 Å². The number of hydrogen-bond acceptors (Lipinski definition) is 7. The van der Waals surface area contributed by atoms with Crippen LogP contribution in [0.25, 0.3) is 0 Å². The summed E-state index contributed by atoms with van der Waals surface area (Å²) in [5.74, 6) is 0.153. The molecular formula is C12H16N4O5. The Hall–Kier alpha value is -2.42. The summed E-state index contributed by atoms with van der Waals surface area (Å²) in [6.45, 7) is 2.73. The molecular weight excluding hydrogens is 280 g/mol. The van der Waals surface area contributed by atoms with Crippen molar-refractivity contribution < 1.29 is 14.6 Å². The maximum absolute atomic E-state index is 11.3. The third kappa shape index (κ3) is 3.02. The van der Waals surface area contributed by atoms with Crippen LogP contribution < -0.4 is 9.64 Å². The standard InChI is InChI=1S/C12H16N4O5/c1-13-3-5-14(6-4-13)12-10(16(19)20)7-9(15(17)18)8-11(12)21-2/h7-8H,3-6H2,1-2H3. The van der Waals surface area contributed by atoms with E-state index in [0.29, 0.717) is 18.8 Å². The van der Waals surface area contributed by atoms with Gasteiger partial charge in [-0.15, -0.1) is 0 Å². The van der Waals surface area contributed by atoms with Gasteiger partial charge < -0.3 is 14.5 Å². The van der Waals surface area contributed by atoms with Gasteiger partial charge in [0.25, 0.3) is 5.69 Å². The first-order valence-electron chi connectivity index (χ1n) is 6.38. The molecule has 1 aromatic carbocycles. The molecule has 0 bridgehead atoms. The molecule has 0 atom stereocenters. The van der Waals surface area contributed by atoms with Gasteiger partial charge in [0.2, 0.25) is 0 Å². The van der Waals surface area contributed by atoms with E-state index in [0.717, 1.165) is 19.2 Å². The van der Waals surface area contributed by atoms with Crippen LogP contribution in [0, 0.1) is 20.2 Å². The summed E-state index contributed by atoms with van der Waals surface area (Å²) in [7, 11) is 3.32. The smallest absolute Gasteiger partial charge is 0.303 e. The minimum atomic E-state index is -0.663. The summed E-state index contributed by atoms with van der Waals surface area (Å²) >= 11 is 0. The Balaban J connectivity index is 2.51. The highest BCUT2D eigenvalue weighted by atomic mass is 16.6. The predicted molar refractivity (Wildman–Crippen MR) is 76.0 cm³/mol. The minimum absolute atomic E-state index is 0.153. The Morgan fingerprint density at radius 3 is 2.19 bits per heavy atom. The molecule has 0 spiro atoms. The van der Waals surface area contributed by atoms with Crippen LogP contribution in [-0.4, -0.2) is 55.1 Å². The first-order valence-corrected chi connectivity index (χ1v) is 6.38. The van der Waals surface area contributed by atoms with E-state index in [1.165, 1.54) is 13.2 Å². The SMILES string of the molecule is COc1cc([N+](=O)[O-])cc([N+](=O)[O-])c1N1CCN(C)CC1. The molecule has 0 amide bonds.